The van der Waals surface area contributed by atoms with Crippen LogP contribution in [0.1, 0.15) is 78.5 Å². The number of hydrogen-bond acceptors (Lipinski definition) is 6. The minimum atomic E-state index is -0.270. The van der Waals surface area contributed by atoms with Crippen molar-refractivity contribution in [2.45, 2.75) is 97.9 Å². The quantitative estimate of drug-likeness (QED) is 0.224. The van der Waals surface area contributed by atoms with E-state index < -0.39 is 0 Å². The zero-order valence-corrected chi connectivity index (χ0v) is 28.2. The summed E-state index contributed by atoms with van der Waals surface area (Å²) in [7, 11) is 0. The highest BCUT2D eigenvalue weighted by Gasteiger charge is 2.32. The number of aromatic nitrogens is 2. The highest BCUT2D eigenvalue weighted by molar-refractivity contribution is 5.96. The minimum absolute atomic E-state index is 0.0969. The average Bonchev–Trinajstić information content (AvgIpc) is 3.66. The molecule has 0 spiro atoms. The van der Waals surface area contributed by atoms with E-state index in [2.05, 4.69) is 91.9 Å². The van der Waals surface area contributed by atoms with Crippen LogP contribution in [0.2, 0.25) is 0 Å². The molecule has 46 heavy (non-hydrogen) atoms. The molecule has 0 radical (unpaired) electrons. The molecule has 1 aliphatic carbocycles. The summed E-state index contributed by atoms with van der Waals surface area (Å²) < 4.78 is 8.37. The maximum absolute atomic E-state index is 13.6. The van der Waals surface area contributed by atoms with Crippen LogP contribution in [0.3, 0.4) is 0 Å². The Balaban J connectivity index is 1.33. The molecule has 3 heterocycles. The van der Waals surface area contributed by atoms with Crippen LogP contribution in [0.25, 0.3) is 5.69 Å². The lowest BCUT2D eigenvalue weighted by Crippen LogP contribution is -2.43. The lowest BCUT2D eigenvalue weighted by Gasteiger charge is -2.32. The first-order chi connectivity index (χ1) is 22.1. The predicted molar refractivity (Wildman–Crippen MR) is 187 cm³/mol. The van der Waals surface area contributed by atoms with Crippen LogP contribution in [0.4, 0.5) is 10.6 Å². The lowest BCUT2D eigenvalue weighted by atomic mass is 9.87. The molecule has 244 valence electrons. The third-order valence-electron chi connectivity index (χ3n) is 9.16. The number of ether oxygens (including phenoxy) is 1. The number of aryl methyl sites for hydroxylation is 1. The van der Waals surface area contributed by atoms with E-state index in [1.807, 2.05) is 66.4 Å². The zero-order chi connectivity index (χ0) is 32.8. The Morgan fingerprint density at radius 2 is 1.98 bits per heavy atom. The normalized spacial score (nSPS) is 21.8. The third kappa shape index (κ3) is 7.63. The van der Waals surface area contributed by atoms with Crippen LogP contribution < -0.4 is 16.1 Å². The van der Waals surface area contributed by atoms with Gasteiger partial charge in [-0.3, -0.25) is 10.7 Å². The van der Waals surface area contributed by atoms with Crippen molar-refractivity contribution in [2.24, 2.45) is 11.0 Å². The first-order valence-corrected chi connectivity index (χ1v) is 16.5. The summed E-state index contributed by atoms with van der Waals surface area (Å²) in [5.41, 5.74) is 7.23. The maximum Gasteiger partial charge on any atom is 0.320 e. The number of nitrogens with one attached hydrogen (secondary N) is 3. The number of nitrogens with zero attached hydrogens (tertiary/aromatic N) is 4. The van der Waals surface area contributed by atoms with Crippen LogP contribution in [-0.2, 0) is 10.2 Å². The van der Waals surface area contributed by atoms with Crippen LogP contribution in [0, 0.1) is 12.8 Å². The Morgan fingerprint density at radius 3 is 2.70 bits per heavy atom. The molecule has 0 bridgehead atoms. The van der Waals surface area contributed by atoms with Crippen molar-refractivity contribution >= 4 is 17.7 Å². The second-order valence-corrected chi connectivity index (χ2v) is 13.1. The van der Waals surface area contributed by atoms with Gasteiger partial charge >= 0.3 is 6.03 Å². The predicted octanol–water partition coefficient (Wildman–Crippen LogP) is 7.60. The van der Waals surface area contributed by atoms with E-state index in [0.717, 1.165) is 41.4 Å². The van der Waals surface area contributed by atoms with Gasteiger partial charge in [0.2, 0.25) is 0 Å². The van der Waals surface area contributed by atoms with Gasteiger partial charge in [-0.05, 0) is 75.0 Å². The Morgan fingerprint density at radius 1 is 1.20 bits per heavy atom. The van der Waals surface area contributed by atoms with E-state index >= 15 is 0 Å². The monoisotopic (exact) mass is 623 g/mol. The molecule has 2 aromatic rings. The molecular formula is C37H49N7O2. The number of fused-ring (bicyclic) bond motifs is 1. The molecule has 5 rings (SSSR count). The molecule has 4 atom stereocenters. The average molecular weight is 624 g/mol. The Labute approximate surface area is 273 Å². The van der Waals surface area contributed by atoms with Gasteiger partial charge in [-0.1, -0.05) is 76.6 Å². The van der Waals surface area contributed by atoms with Crippen molar-refractivity contribution in [1.82, 2.24) is 25.4 Å². The Bertz CT molecular complexity index is 1570. The van der Waals surface area contributed by atoms with Crippen LogP contribution in [-0.4, -0.2) is 44.9 Å². The largest absolute Gasteiger partial charge is 0.485 e. The van der Waals surface area contributed by atoms with Crippen LogP contribution in [0.15, 0.2) is 95.5 Å². The van der Waals surface area contributed by atoms with E-state index in [9.17, 15) is 4.79 Å². The highest BCUT2D eigenvalue weighted by Crippen LogP contribution is 2.31. The van der Waals surface area contributed by atoms with Gasteiger partial charge in [-0.2, -0.15) is 10.2 Å². The molecule has 9 heteroatoms. The van der Waals surface area contributed by atoms with Gasteiger partial charge < -0.3 is 15.0 Å². The molecule has 2 aliphatic heterocycles. The maximum atomic E-state index is 13.6. The number of amidine groups is 1. The van der Waals surface area contributed by atoms with Crippen molar-refractivity contribution in [3.05, 3.63) is 102 Å². The van der Waals surface area contributed by atoms with Crippen LogP contribution >= 0.6 is 0 Å². The second-order valence-electron chi connectivity index (χ2n) is 13.1. The fourth-order valence-corrected chi connectivity index (χ4v) is 5.70. The molecule has 2 unspecified atom stereocenters. The number of amides is 2. The van der Waals surface area contributed by atoms with Gasteiger partial charge in [-0.15, -0.1) is 0 Å². The van der Waals surface area contributed by atoms with E-state index in [1.54, 1.807) is 0 Å². The Kier molecular flexibility index (Phi) is 10.2. The van der Waals surface area contributed by atoms with Crippen LogP contribution in [0.5, 0.6) is 0 Å². The first kappa shape index (κ1) is 32.9. The number of hydrogen-bond donors (Lipinski definition) is 3. The number of hydrazone groups is 1. The lowest BCUT2D eigenvalue weighted by molar-refractivity contribution is 0.132. The van der Waals surface area contributed by atoms with E-state index in [0.29, 0.717) is 24.6 Å². The van der Waals surface area contributed by atoms with Crippen molar-refractivity contribution in [1.29, 1.82) is 0 Å². The van der Waals surface area contributed by atoms with Crippen molar-refractivity contribution in [3.63, 3.8) is 0 Å². The standard InChI is InChI=1S/C37H49N7O2/c1-8-11-12-13-27-20-28(22-31(21-27)46-30-18-19-33-40-41-35(26(5)9-2)43(33)24-30)38-36(45)39-34-23-32(37(6,7)10-3)42-44(34)29-16-14-25(4)15-17-29/h8,11-19,21,23-24,26,28,31,35,41H,9-10,20,22H2,1-7H3,(H2,38,39,45)/b11-8-,13-12-/t26?,28-,31+,35?/m0/s1. The van der Waals surface area contributed by atoms with Crippen molar-refractivity contribution < 1.29 is 9.53 Å². The minimum Gasteiger partial charge on any atom is -0.485 e. The van der Waals surface area contributed by atoms with Crippen molar-refractivity contribution in [2.75, 3.05) is 5.32 Å². The first-order valence-electron chi connectivity index (χ1n) is 16.5. The molecule has 3 aliphatic rings. The zero-order valence-electron chi connectivity index (χ0n) is 28.2. The van der Waals surface area contributed by atoms with Gasteiger partial charge in [0.15, 0.2) is 5.84 Å². The molecular weight excluding hydrogens is 574 g/mol. The molecule has 1 aromatic carbocycles. The van der Waals surface area contributed by atoms with Gasteiger partial charge in [0.25, 0.3) is 0 Å². The molecule has 2 amide bonds. The molecule has 0 fully saturated rings. The third-order valence-corrected chi connectivity index (χ3v) is 9.16. The molecule has 1 aromatic heterocycles. The van der Waals surface area contributed by atoms with Gasteiger partial charge in [0.1, 0.15) is 23.8 Å². The summed E-state index contributed by atoms with van der Waals surface area (Å²) in [5.74, 6) is 2.71. The summed E-state index contributed by atoms with van der Waals surface area (Å²) in [6.45, 7) is 15.0. The highest BCUT2D eigenvalue weighted by atomic mass is 16.5. The summed E-state index contributed by atoms with van der Waals surface area (Å²) >= 11 is 0. The SMILES string of the molecule is C/C=C\C=C/C1=C[C@@H](OC2=CN3C(=NNC3C(C)CC)C=C2)C[C@@H](NC(=O)Nc2cc(C(C)(C)CC)nn2-c2ccc(C)cc2)C1. The summed E-state index contributed by atoms with van der Waals surface area (Å²) in [6, 6.07) is 9.74. The van der Waals surface area contributed by atoms with Gasteiger partial charge in [-0.25, -0.2) is 9.48 Å². The fourth-order valence-electron chi connectivity index (χ4n) is 5.70. The molecule has 0 saturated carbocycles. The molecule has 9 nitrogen and oxygen atoms in total. The second kappa shape index (κ2) is 14.3. The van der Waals surface area contributed by atoms with Crippen molar-refractivity contribution in [3.8, 4) is 5.69 Å². The summed E-state index contributed by atoms with van der Waals surface area (Å²) in [5, 5.41) is 15.8. The van der Waals surface area contributed by atoms with E-state index in [1.165, 1.54) is 5.56 Å². The fraction of sp³-hybridized carbons (Fsp3) is 0.432. The number of anilines is 1. The number of allylic oxidation sites excluding steroid dienone is 5. The molecule has 3 N–H and O–H groups in total. The number of benzene rings is 1. The topological polar surface area (TPSA) is 95.8 Å². The summed E-state index contributed by atoms with van der Waals surface area (Å²) in [4.78, 5) is 15.7. The van der Waals surface area contributed by atoms with E-state index in [-0.39, 0.29) is 29.8 Å². The number of carbonyl (C=O) groups is 1. The number of rotatable bonds is 11. The molecule has 0 saturated heterocycles. The van der Waals surface area contributed by atoms with Gasteiger partial charge in [0, 0.05) is 30.1 Å². The Hall–Kier alpha value is -4.53. The van der Waals surface area contributed by atoms with E-state index in [4.69, 9.17) is 9.84 Å². The smallest absolute Gasteiger partial charge is 0.320 e. The number of carbonyl (C=O) groups excluding carboxylic acids is 1. The number of urea groups is 1. The van der Waals surface area contributed by atoms with Gasteiger partial charge in [0.05, 0.1) is 11.4 Å². The summed E-state index contributed by atoms with van der Waals surface area (Å²) in [6.07, 6.45) is 19.4.